The van der Waals surface area contributed by atoms with Crippen molar-refractivity contribution in [2.24, 2.45) is 0 Å². The molecule has 0 spiro atoms. The minimum absolute atomic E-state index is 0.0825. The van der Waals surface area contributed by atoms with E-state index in [0.717, 1.165) is 22.3 Å². The topological polar surface area (TPSA) is 351 Å². The number of nitro benzene ring substituents is 1. The Labute approximate surface area is 855 Å². The summed E-state index contributed by atoms with van der Waals surface area (Å²) in [5, 5.41) is 31.9. The average Bonchev–Trinajstić information content (AvgIpc) is 0.828. The first-order valence-corrected chi connectivity index (χ1v) is 45.2. The number of halogens is 10. The van der Waals surface area contributed by atoms with Gasteiger partial charge >= 0.3 is 5.69 Å². The number of nitrogens with two attached hydrogens (primary N) is 2. The Balaban J connectivity index is 0.000000168. The van der Waals surface area contributed by atoms with Crippen molar-refractivity contribution in [1.82, 2.24) is 24.9 Å². The van der Waals surface area contributed by atoms with Crippen molar-refractivity contribution in [3.8, 4) is 28.7 Å². The van der Waals surface area contributed by atoms with E-state index in [1.807, 2.05) is 24.3 Å². The van der Waals surface area contributed by atoms with Crippen LogP contribution < -0.4 is 61.7 Å². The molecule has 0 aliphatic rings. The fraction of sp³-hybridized carbons (Fsp3) is 0.0476. The van der Waals surface area contributed by atoms with Gasteiger partial charge in [-0.2, -0.15) is 0 Å². The number of nitrogens with zero attached hydrogens (tertiary/aromatic N) is 6. The van der Waals surface area contributed by atoms with Crippen LogP contribution in [0.25, 0.3) is 30.4 Å². The van der Waals surface area contributed by atoms with Crippen LogP contribution in [0.1, 0.15) is 79.6 Å². The van der Waals surface area contributed by atoms with Gasteiger partial charge in [-0.1, -0.05) is 116 Å². The maximum Gasteiger partial charge on any atom is 0.311 e. The van der Waals surface area contributed by atoms with E-state index in [1.54, 1.807) is 288 Å². The standard InChI is InChI=1S/C22H18Cl2N2O3.C21H15Cl2N3O4.C21H17Cl2N3O2.C21H16Cl2N2O2.C20H15Cl2N3O/c1-28-20-10-6-15(12-21(20)29-2)19(27)9-5-14-4-3-11-25-22(14)26-18-8-7-16(23)13-17(18)24;1-30-20-9-5-14(11-18(20)26(28)29)19(27)8-4-13-3-2-10-24-21(13)25-17-7-6-15(22)12-16(17)23;1-28-20-9-5-14(11-17(20)24)19(27)8-4-13-3-2-10-25-21(13)26-18-7-6-15(22)12-16(18)23;1-27-17-8-4-14(5-9-17)20(26)11-6-15-3-2-12-24-21(15)25-19-10-7-16(22)13-18(19)23;21-15-6-9-18(17(22)12-15)25-20-14(2-1-11-24-20)5-10-19(26)13-3-7-16(23)8-4-13/h3-13H,1-2H3,(H,25,26);2-12H,1H3,(H,24,25);2-12H,24H2,1H3,(H,25,26);2-13H,1H3,(H,24,25);1-12H,23H2,(H,24,25)/b9-5+;2*8-4+;11-6+;10-5+. The summed E-state index contributed by atoms with van der Waals surface area (Å²) in [5.74, 6) is 4.13. The van der Waals surface area contributed by atoms with Gasteiger partial charge < -0.3 is 61.7 Å². The van der Waals surface area contributed by atoms with Gasteiger partial charge in [0.1, 0.15) is 40.6 Å². The summed E-state index contributed by atoms with van der Waals surface area (Å²) in [7, 11) is 7.51. The van der Waals surface area contributed by atoms with Gasteiger partial charge in [0.25, 0.3) is 0 Å². The lowest BCUT2D eigenvalue weighted by molar-refractivity contribution is -0.385. The van der Waals surface area contributed by atoms with Crippen LogP contribution in [0.4, 0.5) is 74.6 Å². The van der Waals surface area contributed by atoms with Crippen LogP contribution in [0.3, 0.4) is 0 Å². The molecule has 0 aliphatic heterocycles. The third-order valence-electron chi connectivity index (χ3n) is 19.6. The Morgan fingerprint density at radius 2 is 0.550 bits per heavy atom. The first kappa shape index (κ1) is 105. The number of anilines is 12. The number of pyridine rings is 5. The molecular formula is C105H81Cl10N13O12. The number of aromatic nitrogens is 5. The van der Waals surface area contributed by atoms with Gasteiger partial charge in [-0.05, 0) is 309 Å². The van der Waals surface area contributed by atoms with Crippen LogP contribution in [0, 0.1) is 10.1 Å². The molecule has 35 heteroatoms. The van der Waals surface area contributed by atoms with Crippen LogP contribution in [0.2, 0.25) is 50.2 Å². The zero-order valence-corrected chi connectivity index (χ0v) is 82.0. The highest BCUT2D eigenvalue weighted by atomic mass is 35.5. The second-order valence-electron chi connectivity index (χ2n) is 29.0. The zero-order chi connectivity index (χ0) is 100. The molecule has 0 saturated heterocycles. The van der Waals surface area contributed by atoms with Crippen molar-refractivity contribution in [3.63, 3.8) is 0 Å². The van der Waals surface area contributed by atoms with E-state index < -0.39 is 10.7 Å². The lowest BCUT2D eigenvalue weighted by Crippen LogP contribution is -2.00. The smallest absolute Gasteiger partial charge is 0.311 e. The van der Waals surface area contributed by atoms with Gasteiger partial charge in [-0.3, -0.25) is 34.1 Å². The molecule has 0 bridgehead atoms. The zero-order valence-electron chi connectivity index (χ0n) is 74.4. The number of nitrogen functional groups attached to an aromatic ring is 2. The number of allylic oxidation sites excluding steroid dienone is 5. The van der Waals surface area contributed by atoms with Crippen molar-refractivity contribution in [2.75, 3.05) is 73.6 Å². The summed E-state index contributed by atoms with van der Waals surface area (Å²) in [6.07, 6.45) is 23.8. The summed E-state index contributed by atoms with van der Waals surface area (Å²) in [6, 6.07) is 71.3. The van der Waals surface area contributed by atoms with E-state index in [1.165, 1.54) is 69.9 Å². The third-order valence-corrected chi connectivity index (χ3v) is 22.3. The lowest BCUT2D eigenvalue weighted by atomic mass is 10.1. The van der Waals surface area contributed by atoms with Crippen LogP contribution in [0.15, 0.2) is 316 Å². The number of hydrogen-bond donors (Lipinski definition) is 7. The monoisotopic (exact) mass is 2070 g/mol. The van der Waals surface area contributed by atoms with Gasteiger partial charge in [0, 0.05) is 123 Å². The van der Waals surface area contributed by atoms with Gasteiger partial charge in [-0.15, -0.1) is 0 Å². The lowest BCUT2D eigenvalue weighted by Gasteiger charge is -2.10. The Morgan fingerprint density at radius 1 is 0.293 bits per heavy atom. The van der Waals surface area contributed by atoms with Crippen molar-refractivity contribution in [2.45, 2.75) is 0 Å². The van der Waals surface area contributed by atoms with Gasteiger partial charge in [-0.25, -0.2) is 24.9 Å². The van der Waals surface area contributed by atoms with Gasteiger partial charge in [0.15, 0.2) is 46.2 Å². The third kappa shape index (κ3) is 31.0. The SMILES string of the molecule is COc1ccc(C(=O)/C=C/c2cccnc2Nc2ccc(Cl)cc2Cl)cc1.COc1ccc(C(=O)/C=C/c2cccnc2Nc2ccc(Cl)cc2Cl)cc1N.COc1ccc(C(=O)/C=C/c2cccnc2Nc2ccc(Cl)cc2Cl)cc1OC.COc1ccc(C(=O)/C=C/c2cccnc2Nc2ccc(Cl)cc2Cl)cc1[N+](=O)[O-].Nc1ccc(C(=O)/C=C/c2cccnc2Nc2ccc(Cl)cc2Cl)cc1. The highest BCUT2D eigenvalue weighted by Crippen LogP contribution is 2.38. The molecule has 5 aromatic heterocycles. The molecule has 25 nitrogen and oxygen atoms in total. The van der Waals surface area contributed by atoms with Crippen LogP contribution in [0.5, 0.6) is 28.7 Å². The fourth-order valence-corrected chi connectivity index (χ4v) is 14.7. The second-order valence-corrected chi connectivity index (χ2v) is 33.2. The molecule has 0 radical (unpaired) electrons. The molecule has 0 aliphatic carbocycles. The molecule has 15 rings (SSSR count). The first-order valence-electron chi connectivity index (χ1n) is 41.4. The summed E-state index contributed by atoms with van der Waals surface area (Å²) in [4.78, 5) is 94.4. The molecular weight excluding hydrogens is 1990 g/mol. The Morgan fingerprint density at radius 3 is 0.821 bits per heavy atom. The average molecular weight is 2070 g/mol. The normalized spacial score (nSPS) is 10.8. The molecule has 10 aromatic carbocycles. The Bertz CT molecular complexity index is 7180. The highest BCUT2D eigenvalue weighted by molar-refractivity contribution is 6.39. The number of methoxy groups -OCH3 is 5. The van der Waals surface area contributed by atoms with Crippen molar-refractivity contribution in [1.29, 1.82) is 0 Å². The van der Waals surface area contributed by atoms with Crippen LogP contribution in [-0.2, 0) is 0 Å². The van der Waals surface area contributed by atoms with E-state index in [9.17, 15) is 34.1 Å². The van der Waals surface area contributed by atoms with Crippen molar-refractivity contribution in [3.05, 3.63) is 432 Å². The van der Waals surface area contributed by atoms with E-state index in [2.05, 4.69) is 51.5 Å². The minimum Gasteiger partial charge on any atom is -0.497 e. The van der Waals surface area contributed by atoms with E-state index in [0.29, 0.717) is 170 Å². The summed E-state index contributed by atoms with van der Waals surface area (Å²) < 4.78 is 25.6. The molecule has 0 amide bonds. The number of hydrogen-bond acceptors (Lipinski definition) is 24. The molecule has 708 valence electrons. The summed E-state index contributed by atoms with van der Waals surface area (Å²) in [5.41, 5.74) is 21.4. The molecule has 5 heterocycles. The largest absolute Gasteiger partial charge is 0.497 e. The first-order chi connectivity index (χ1) is 67.5. The molecule has 0 unspecified atom stereocenters. The number of ketones is 5. The molecule has 0 atom stereocenters. The number of carbonyl (C=O) groups is 5. The Kier molecular flexibility index (Phi) is 39.5. The second kappa shape index (κ2) is 52.4. The summed E-state index contributed by atoms with van der Waals surface area (Å²) in [6.45, 7) is 0. The minimum atomic E-state index is -0.599. The van der Waals surface area contributed by atoms with Crippen molar-refractivity contribution >= 4 is 250 Å². The number of nitro groups is 1. The van der Waals surface area contributed by atoms with Crippen molar-refractivity contribution < 1.29 is 52.6 Å². The number of rotatable bonds is 31. The van der Waals surface area contributed by atoms with Gasteiger partial charge in [0.05, 0.1) is 99.7 Å². The Hall–Kier alpha value is -15.1. The quantitative estimate of drug-likeness (QED) is 0.00697. The molecule has 0 saturated carbocycles. The van der Waals surface area contributed by atoms with E-state index >= 15 is 0 Å². The predicted octanol–water partition coefficient (Wildman–Crippen LogP) is 29.3. The molecule has 140 heavy (non-hydrogen) atoms. The van der Waals surface area contributed by atoms with E-state index in [-0.39, 0.29) is 40.1 Å². The number of ether oxygens (including phenoxy) is 5. The highest BCUT2D eigenvalue weighted by Gasteiger charge is 2.20. The van der Waals surface area contributed by atoms with Crippen LogP contribution >= 0.6 is 116 Å². The van der Waals surface area contributed by atoms with Crippen LogP contribution in [-0.4, -0.2) is 94.3 Å². The number of carbonyl (C=O) groups excluding carboxylic acids is 5. The summed E-state index contributed by atoms with van der Waals surface area (Å²) >= 11 is 60.7. The maximum atomic E-state index is 12.6. The van der Waals surface area contributed by atoms with Gasteiger partial charge in [0.2, 0.25) is 0 Å². The predicted molar refractivity (Wildman–Crippen MR) is 567 cm³/mol. The van der Waals surface area contributed by atoms with E-state index in [4.69, 9.17) is 151 Å². The molecule has 0 fully saturated rings. The number of nitrogens with one attached hydrogen (secondary N) is 5. The molecule has 9 N–H and O–H groups in total. The fourth-order valence-electron chi connectivity index (χ4n) is 12.4. The number of benzene rings is 10. The molecule has 15 aromatic rings. The maximum absolute atomic E-state index is 12.6.